The number of hydrogen-bond acceptors (Lipinski definition) is 4. The van der Waals surface area contributed by atoms with Crippen molar-refractivity contribution in [1.29, 1.82) is 0 Å². The third-order valence-corrected chi connectivity index (χ3v) is 4.04. The Bertz CT molecular complexity index is 772. The van der Waals surface area contributed by atoms with Crippen LogP contribution in [0.2, 0.25) is 0 Å². The Kier molecular flexibility index (Phi) is 8.66. The van der Waals surface area contributed by atoms with Crippen LogP contribution >= 0.6 is 24.0 Å². The van der Waals surface area contributed by atoms with Gasteiger partial charge in [-0.15, -0.1) is 24.0 Å². The van der Waals surface area contributed by atoms with Gasteiger partial charge in [-0.3, -0.25) is 4.99 Å². The van der Waals surface area contributed by atoms with Crippen molar-refractivity contribution in [3.05, 3.63) is 36.1 Å². The Morgan fingerprint density at radius 3 is 2.68 bits per heavy atom. The van der Waals surface area contributed by atoms with Crippen LogP contribution < -0.4 is 15.4 Å². The van der Waals surface area contributed by atoms with Crippen molar-refractivity contribution in [3.63, 3.8) is 0 Å². The molecule has 0 spiro atoms. The molecule has 1 atom stereocenters. The highest BCUT2D eigenvalue weighted by Gasteiger charge is 2.12. The molecule has 0 bridgehead atoms. The smallest absolute Gasteiger partial charge is 0.208 e. The van der Waals surface area contributed by atoms with Crippen molar-refractivity contribution in [3.8, 4) is 0 Å². The van der Waals surface area contributed by atoms with E-state index in [0.29, 0.717) is 19.0 Å². The molecule has 1 aromatic heterocycles. The number of rotatable bonds is 7. The maximum Gasteiger partial charge on any atom is 0.208 e. The SMILES string of the molecule is CCNC(=NCCNS(C)(=O)=O)NC(C)c1cc2ccccc2o1.I. The molecular formula is C16H25IN4O3S. The van der Waals surface area contributed by atoms with Crippen LogP contribution in [0.1, 0.15) is 25.6 Å². The number of nitrogens with one attached hydrogen (secondary N) is 3. The van der Waals surface area contributed by atoms with Gasteiger partial charge in [-0.25, -0.2) is 13.1 Å². The Morgan fingerprint density at radius 2 is 2.04 bits per heavy atom. The molecule has 0 aliphatic rings. The highest BCUT2D eigenvalue weighted by atomic mass is 127. The zero-order valence-electron chi connectivity index (χ0n) is 14.6. The van der Waals surface area contributed by atoms with Crippen molar-refractivity contribution in [2.24, 2.45) is 4.99 Å². The zero-order chi connectivity index (χ0) is 17.6. The first-order chi connectivity index (χ1) is 11.4. The van der Waals surface area contributed by atoms with E-state index in [1.807, 2.05) is 44.2 Å². The number of halogens is 1. The van der Waals surface area contributed by atoms with Gasteiger partial charge in [-0.1, -0.05) is 18.2 Å². The van der Waals surface area contributed by atoms with Crippen LogP contribution in [0.5, 0.6) is 0 Å². The molecule has 0 fully saturated rings. The summed E-state index contributed by atoms with van der Waals surface area (Å²) in [4.78, 5) is 4.36. The molecule has 0 amide bonds. The summed E-state index contributed by atoms with van der Waals surface area (Å²) >= 11 is 0. The molecule has 2 rings (SSSR count). The van der Waals surface area contributed by atoms with Gasteiger partial charge in [-0.2, -0.15) is 0 Å². The Labute approximate surface area is 165 Å². The van der Waals surface area contributed by atoms with Gasteiger partial charge in [0.1, 0.15) is 11.3 Å². The second-order valence-electron chi connectivity index (χ2n) is 5.48. The fourth-order valence-corrected chi connectivity index (χ4v) is 2.67. The number of hydrogen-bond donors (Lipinski definition) is 3. The quantitative estimate of drug-likeness (QED) is 0.245. The Hall–Kier alpha value is -1.33. The van der Waals surface area contributed by atoms with E-state index in [-0.39, 0.29) is 36.6 Å². The van der Waals surface area contributed by atoms with Gasteiger partial charge >= 0.3 is 0 Å². The first-order valence-electron chi connectivity index (χ1n) is 7.87. The summed E-state index contributed by atoms with van der Waals surface area (Å²) in [5, 5.41) is 7.45. The highest BCUT2D eigenvalue weighted by Crippen LogP contribution is 2.23. The molecule has 25 heavy (non-hydrogen) atoms. The summed E-state index contributed by atoms with van der Waals surface area (Å²) in [5.41, 5.74) is 0.848. The van der Waals surface area contributed by atoms with Crippen molar-refractivity contribution in [2.45, 2.75) is 19.9 Å². The van der Waals surface area contributed by atoms with E-state index in [1.54, 1.807) is 0 Å². The monoisotopic (exact) mass is 480 g/mol. The van der Waals surface area contributed by atoms with Gasteiger partial charge in [0.2, 0.25) is 10.0 Å². The number of furan rings is 1. The van der Waals surface area contributed by atoms with Gasteiger partial charge in [0, 0.05) is 18.5 Å². The van der Waals surface area contributed by atoms with E-state index in [2.05, 4.69) is 20.3 Å². The topological polar surface area (TPSA) is 95.7 Å². The Morgan fingerprint density at radius 1 is 1.32 bits per heavy atom. The summed E-state index contributed by atoms with van der Waals surface area (Å²) in [6.07, 6.45) is 1.13. The van der Waals surface area contributed by atoms with Crippen molar-refractivity contribution in [2.75, 3.05) is 25.9 Å². The predicted molar refractivity (Wildman–Crippen MR) is 112 cm³/mol. The number of para-hydroxylation sites is 1. The van der Waals surface area contributed by atoms with Gasteiger partial charge < -0.3 is 15.1 Å². The van der Waals surface area contributed by atoms with Crippen LogP contribution in [0, 0.1) is 0 Å². The van der Waals surface area contributed by atoms with Crippen LogP contribution in [-0.2, 0) is 10.0 Å². The molecule has 3 N–H and O–H groups in total. The van der Waals surface area contributed by atoms with Gasteiger partial charge in [0.15, 0.2) is 5.96 Å². The lowest BCUT2D eigenvalue weighted by atomic mass is 10.2. The molecule has 0 aliphatic carbocycles. The minimum Gasteiger partial charge on any atom is -0.459 e. The fourth-order valence-electron chi connectivity index (χ4n) is 2.21. The second-order valence-corrected chi connectivity index (χ2v) is 7.31. The van der Waals surface area contributed by atoms with Crippen LogP contribution in [0.25, 0.3) is 11.0 Å². The minimum absolute atomic E-state index is 0. The van der Waals surface area contributed by atoms with Crippen LogP contribution in [-0.4, -0.2) is 40.3 Å². The largest absolute Gasteiger partial charge is 0.459 e. The number of nitrogens with zero attached hydrogens (tertiary/aromatic N) is 1. The molecule has 7 nitrogen and oxygen atoms in total. The van der Waals surface area contributed by atoms with E-state index < -0.39 is 10.0 Å². The Balaban J connectivity index is 0.00000312. The summed E-state index contributed by atoms with van der Waals surface area (Å²) in [6.45, 7) is 5.26. The molecule has 1 unspecified atom stereocenters. The fraction of sp³-hybridized carbons (Fsp3) is 0.438. The van der Waals surface area contributed by atoms with E-state index in [9.17, 15) is 8.42 Å². The number of guanidine groups is 1. The lowest BCUT2D eigenvalue weighted by Crippen LogP contribution is -2.39. The average molecular weight is 480 g/mol. The van der Waals surface area contributed by atoms with Crippen molar-refractivity contribution >= 4 is 50.9 Å². The summed E-state index contributed by atoms with van der Waals surface area (Å²) in [5.74, 6) is 1.43. The molecule has 0 saturated carbocycles. The minimum atomic E-state index is -3.19. The second kappa shape index (κ2) is 9.97. The van der Waals surface area contributed by atoms with E-state index in [0.717, 1.165) is 23.0 Å². The zero-order valence-corrected chi connectivity index (χ0v) is 17.7. The number of benzene rings is 1. The highest BCUT2D eigenvalue weighted by molar-refractivity contribution is 14.0. The summed E-state index contributed by atoms with van der Waals surface area (Å²) in [6, 6.07) is 9.78. The van der Waals surface area contributed by atoms with E-state index in [4.69, 9.17) is 4.42 Å². The van der Waals surface area contributed by atoms with Crippen LogP contribution in [0.3, 0.4) is 0 Å². The first kappa shape index (κ1) is 21.7. The maximum absolute atomic E-state index is 11.0. The van der Waals surface area contributed by atoms with Crippen LogP contribution in [0.15, 0.2) is 39.7 Å². The van der Waals surface area contributed by atoms with E-state index in [1.165, 1.54) is 0 Å². The molecule has 9 heteroatoms. The molecule has 0 aliphatic heterocycles. The molecule has 0 saturated heterocycles. The molecular weight excluding hydrogens is 455 g/mol. The van der Waals surface area contributed by atoms with Crippen LogP contribution in [0.4, 0.5) is 0 Å². The summed E-state index contributed by atoms with van der Waals surface area (Å²) < 4.78 is 30.3. The van der Waals surface area contributed by atoms with Gasteiger partial charge in [0.05, 0.1) is 18.8 Å². The lowest BCUT2D eigenvalue weighted by Gasteiger charge is -2.16. The van der Waals surface area contributed by atoms with E-state index >= 15 is 0 Å². The first-order valence-corrected chi connectivity index (χ1v) is 9.76. The summed E-state index contributed by atoms with van der Waals surface area (Å²) in [7, 11) is -3.19. The average Bonchev–Trinajstić information content (AvgIpc) is 2.95. The molecule has 2 aromatic rings. The molecule has 1 heterocycles. The normalized spacial score (nSPS) is 13.3. The third-order valence-electron chi connectivity index (χ3n) is 3.31. The number of aliphatic imine (C=N–C) groups is 1. The van der Waals surface area contributed by atoms with Gasteiger partial charge in [-0.05, 0) is 26.0 Å². The molecule has 1 aromatic carbocycles. The standard InChI is InChI=1S/C16H24N4O3S.HI/c1-4-17-16(18-9-10-19-24(3,21)22)20-12(2)15-11-13-7-5-6-8-14(13)23-15;/h5-8,11-12,19H,4,9-10H2,1-3H3,(H2,17,18,20);1H. The number of sulfonamides is 1. The third kappa shape index (κ3) is 7.20. The molecule has 140 valence electrons. The number of fused-ring (bicyclic) bond motifs is 1. The van der Waals surface area contributed by atoms with Crippen molar-refractivity contribution in [1.82, 2.24) is 15.4 Å². The predicted octanol–water partition coefficient (Wildman–Crippen LogP) is 2.22. The lowest BCUT2D eigenvalue weighted by molar-refractivity contribution is 0.488. The molecule has 0 radical (unpaired) electrons. The maximum atomic E-state index is 11.0. The van der Waals surface area contributed by atoms with Crippen molar-refractivity contribution < 1.29 is 12.8 Å². The van der Waals surface area contributed by atoms with Gasteiger partial charge in [0.25, 0.3) is 0 Å².